The lowest BCUT2D eigenvalue weighted by Crippen LogP contribution is -2.30. The first-order chi connectivity index (χ1) is 10.5. The molecule has 4 nitrogen and oxygen atoms in total. The van der Waals surface area contributed by atoms with Crippen molar-refractivity contribution in [2.75, 3.05) is 12.4 Å². The van der Waals surface area contributed by atoms with Gasteiger partial charge in [-0.1, -0.05) is 6.07 Å². The van der Waals surface area contributed by atoms with E-state index in [0.717, 1.165) is 21.5 Å². The Bertz CT molecular complexity index is 655. The van der Waals surface area contributed by atoms with Gasteiger partial charge in [0.1, 0.15) is 11.5 Å². The van der Waals surface area contributed by atoms with Gasteiger partial charge >= 0.3 is 0 Å². The average molecular weight is 364 g/mol. The molecule has 2 rings (SSSR count). The number of nitrogens with one attached hydrogen (secondary N) is 1. The van der Waals surface area contributed by atoms with Crippen LogP contribution in [0.3, 0.4) is 0 Å². The highest BCUT2D eigenvalue weighted by atomic mass is 79.9. The van der Waals surface area contributed by atoms with Crippen LogP contribution in [-0.2, 0) is 4.79 Å². The average Bonchev–Trinajstić information content (AvgIpc) is 2.50. The van der Waals surface area contributed by atoms with E-state index in [1.807, 2.05) is 25.1 Å². The monoisotopic (exact) mass is 363 g/mol. The minimum absolute atomic E-state index is 0.208. The molecule has 0 saturated heterocycles. The number of halogens is 1. The molecule has 0 aliphatic rings. The number of aryl methyl sites for hydroxylation is 1. The number of hydrogen-bond donors (Lipinski definition) is 1. The molecule has 1 N–H and O–H groups in total. The minimum Gasteiger partial charge on any atom is -0.497 e. The maximum absolute atomic E-state index is 12.2. The van der Waals surface area contributed by atoms with Crippen molar-refractivity contribution in [3.63, 3.8) is 0 Å². The molecule has 0 radical (unpaired) electrons. The molecule has 0 heterocycles. The quantitative estimate of drug-likeness (QED) is 0.866. The Kier molecular flexibility index (Phi) is 5.44. The lowest BCUT2D eigenvalue weighted by molar-refractivity contribution is -0.122. The molecule has 0 bridgehead atoms. The van der Waals surface area contributed by atoms with Gasteiger partial charge in [-0.05, 0) is 71.7 Å². The van der Waals surface area contributed by atoms with Crippen molar-refractivity contribution in [3.8, 4) is 11.5 Å². The fraction of sp³-hybridized carbons (Fsp3) is 0.235. The lowest BCUT2D eigenvalue weighted by Gasteiger charge is -2.15. The third kappa shape index (κ3) is 4.24. The van der Waals surface area contributed by atoms with Gasteiger partial charge in [0.05, 0.1) is 12.8 Å². The largest absolute Gasteiger partial charge is 0.497 e. The molecule has 1 atom stereocenters. The predicted octanol–water partition coefficient (Wildman–Crippen LogP) is 4.17. The number of anilines is 1. The number of carbonyl (C=O) groups excluding carboxylic acids is 1. The predicted molar refractivity (Wildman–Crippen MR) is 90.6 cm³/mol. The van der Waals surface area contributed by atoms with Gasteiger partial charge in [-0.25, -0.2) is 0 Å². The van der Waals surface area contributed by atoms with Crippen LogP contribution in [0.5, 0.6) is 11.5 Å². The molecular formula is C17H18BrNO3. The highest BCUT2D eigenvalue weighted by Gasteiger charge is 2.16. The number of benzene rings is 2. The fourth-order valence-corrected chi connectivity index (χ4v) is 2.46. The molecule has 22 heavy (non-hydrogen) atoms. The summed E-state index contributed by atoms with van der Waals surface area (Å²) >= 11 is 3.44. The van der Waals surface area contributed by atoms with E-state index < -0.39 is 6.10 Å². The third-order valence-corrected chi connectivity index (χ3v) is 3.78. The Morgan fingerprint density at radius 1 is 1.14 bits per heavy atom. The molecule has 116 valence electrons. The van der Waals surface area contributed by atoms with Crippen molar-refractivity contribution in [2.24, 2.45) is 0 Å². The second-order valence-electron chi connectivity index (χ2n) is 4.91. The van der Waals surface area contributed by atoms with E-state index in [4.69, 9.17) is 9.47 Å². The Balaban J connectivity index is 1.99. The summed E-state index contributed by atoms with van der Waals surface area (Å²) in [5.74, 6) is 1.15. The lowest BCUT2D eigenvalue weighted by atomic mass is 10.2. The van der Waals surface area contributed by atoms with E-state index in [9.17, 15) is 4.79 Å². The van der Waals surface area contributed by atoms with Gasteiger partial charge in [0.2, 0.25) is 0 Å². The van der Waals surface area contributed by atoms with Crippen LogP contribution in [0.2, 0.25) is 0 Å². The first-order valence-corrected chi connectivity index (χ1v) is 7.66. The highest BCUT2D eigenvalue weighted by molar-refractivity contribution is 9.10. The van der Waals surface area contributed by atoms with E-state index in [0.29, 0.717) is 5.75 Å². The van der Waals surface area contributed by atoms with Gasteiger partial charge in [-0.2, -0.15) is 0 Å². The standard InChI is InChI=1S/C17H18BrNO3/c1-11-4-9-16(15(18)10-11)19-17(20)12(2)22-14-7-5-13(21-3)6-8-14/h4-10,12H,1-3H3,(H,19,20)/t12-/m0/s1. The fourth-order valence-electron chi connectivity index (χ4n) is 1.87. The molecular weight excluding hydrogens is 346 g/mol. The van der Waals surface area contributed by atoms with Crippen LogP contribution in [0.4, 0.5) is 5.69 Å². The van der Waals surface area contributed by atoms with E-state index >= 15 is 0 Å². The summed E-state index contributed by atoms with van der Waals surface area (Å²) in [5.41, 5.74) is 1.84. The molecule has 5 heteroatoms. The Labute approximate surface area is 138 Å². The van der Waals surface area contributed by atoms with Gasteiger partial charge in [0, 0.05) is 4.47 Å². The zero-order valence-corrected chi connectivity index (χ0v) is 14.3. The summed E-state index contributed by atoms with van der Waals surface area (Å²) in [6.07, 6.45) is -0.610. The van der Waals surface area contributed by atoms with Gasteiger partial charge in [-0.15, -0.1) is 0 Å². The molecule has 0 unspecified atom stereocenters. The van der Waals surface area contributed by atoms with Crippen LogP contribution in [0.15, 0.2) is 46.9 Å². The third-order valence-electron chi connectivity index (χ3n) is 3.12. The topological polar surface area (TPSA) is 47.6 Å². The van der Waals surface area contributed by atoms with Crippen LogP contribution >= 0.6 is 15.9 Å². The van der Waals surface area contributed by atoms with Gasteiger partial charge in [0.15, 0.2) is 6.10 Å². The van der Waals surface area contributed by atoms with Crippen molar-refractivity contribution < 1.29 is 14.3 Å². The number of amides is 1. The van der Waals surface area contributed by atoms with Crippen molar-refractivity contribution >= 4 is 27.5 Å². The summed E-state index contributed by atoms with van der Waals surface area (Å²) in [4.78, 5) is 12.2. The summed E-state index contributed by atoms with van der Waals surface area (Å²) in [6.45, 7) is 3.70. The van der Waals surface area contributed by atoms with Crippen molar-refractivity contribution in [1.29, 1.82) is 0 Å². The van der Waals surface area contributed by atoms with Crippen LogP contribution in [0.1, 0.15) is 12.5 Å². The maximum Gasteiger partial charge on any atom is 0.265 e. The van der Waals surface area contributed by atoms with Crippen LogP contribution in [0, 0.1) is 6.92 Å². The Morgan fingerprint density at radius 3 is 2.36 bits per heavy atom. The number of hydrogen-bond acceptors (Lipinski definition) is 3. The van der Waals surface area contributed by atoms with Crippen LogP contribution < -0.4 is 14.8 Å². The van der Waals surface area contributed by atoms with Gasteiger partial charge in [-0.3, -0.25) is 4.79 Å². The summed E-state index contributed by atoms with van der Waals surface area (Å²) in [7, 11) is 1.60. The second-order valence-corrected chi connectivity index (χ2v) is 5.76. The molecule has 0 aliphatic carbocycles. The van der Waals surface area contributed by atoms with E-state index in [2.05, 4.69) is 21.2 Å². The molecule has 1 amide bonds. The van der Waals surface area contributed by atoms with E-state index in [-0.39, 0.29) is 5.91 Å². The summed E-state index contributed by atoms with van der Waals surface area (Å²) < 4.78 is 11.6. The van der Waals surface area contributed by atoms with Gasteiger partial charge < -0.3 is 14.8 Å². The summed E-state index contributed by atoms with van der Waals surface area (Å²) in [6, 6.07) is 12.9. The minimum atomic E-state index is -0.610. The smallest absolute Gasteiger partial charge is 0.265 e. The van der Waals surface area contributed by atoms with Crippen molar-refractivity contribution in [1.82, 2.24) is 0 Å². The molecule has 0 saturated carbocycles. The number of ether oxygens (including phenoxy) is 2. The van der Waals surface area contributed by atoms with Crippen LogP contribution in [-0.4, -0.2) is 19.1 Å². The number of carbonyl (C=O) groups is 1. The van der Waals surface area contributed by atoms with Crippen molar-refractivity contribution in [2.45, 2.75) is 20.0 Å². The van der Waals surface area contributed by atoms with E-state index in [1.165, 1.54) is 0 Å². The van der Waals surface area contributed by atoms with Crippen LogP contribution in [0.25, 0.3) is 0 Å². The first-order valence-electron chi connectivity index (χ1n) is 6.87. The maximum atomic E-state index is 12.2. The second kappa shape index (κ2) is 7.31. The molecule has 0 fully saturated rings. The normalized spacial score (nSPS) is 11.6. The number of rotatable bonds is 5. The highest BCUT2D eigenvalue weighted by Crippen LogP contribution is 2.24. The van der Waals surface area contributed by atoms with Crippen molar-refractivity contribution in [3.05, 3.63) is 52.5 Å². The SMILES string of the molecule is COc1ccc(O[C@@H](C)C(=O)Nc2ccc(C)cc2Br)cc1. The zero-order valence-electron chi connectivity index (χ0n) is 12.7. The number of methoxy groups -OCH3 is 1. The molecule has 0 aromatic heterocycles. The zero-order chi connectivity index (χ0) is 16.1. The molecule has 0 spiro atoms. The Hall–Kier alpha value is -2.01. The first kappa shape index (κ1) is 16.4. The molecule has 2 aromatic rings. The Morgan fingerprint density at radius 2 is 1.77 bits per heavy atom. The molecule has 2 aromatic carbocycles. The molecule has 0 aliphatic heterocycles. The summed E-state index contributed by atoms with van der Waals surface area (Å²) in [5, 5.41) is 2.84. The van der Waals surface area contributed by atoms with E-state index in [1.54, 1.807) is 38.3 Å². The van der Waals surface area contributed by atoms with Gasteiger partial charge in [0.25, 0.3) is 5.91 Å².